The summed E-state index contributed by atoms with van der Waals surface area (Å²) in [5.41, 5.74) is 3.37. The third kappa shape index (κ3) is 2.98. The van der Waals surface area contributed by atoms with Gasteiger partial charge >= 0.3 is 0 Å². The summed E-state index contributed by atoms with van der Waals surface area (Å²) in [7, 11) is 0. The van der Waals surface area contributed by atoms with Crippen LogP contribution in [0.2, 0.25) is 0 Å². The molecule has 104 valence electrons. The molecule has 2 aromatic carbocycles. The largest absolute Gasteiger partial charge is 0.382 e. The number of pyridine rings is 1. The van der Waals surface area contributed by atoms with Gasteiger partial charge < -0.3 is 5.11 Å². The summed E-state index contributed by atoms with van der Waals surface area (Å²) in [6, 6.07) is 20.4. The van der Waals surface area contributed by atoms with Crippen LogP contribution in [0.25, 0.3) is 11.1 Å². The summed E-state index contributed by atoms with van der Waals surface area (Å²) in [6.45, 7) is 0. The second kappa shape index (κ2) is 5.85. The Hall–Kier alpha value is -2.52. The Morgan fingerprint density at radius 2 is 1.48 bits per heavy atom. The number of hydrogen-bond acceptors (Lipinski definition) is 2. The summed E-state index contributed by atoms with van der Waals surface area (Å²) >= 11 is 0. The molecule has 1 heterocycles. The normalized spacial score (nSPS) is 12.1. The minimum Gasteiger partial charge on any atom is -0.382 e. The van der Waals surface area contributed by atoms with Crippen LogP contribution in [0, 0.1) is 5.82 Å². The number of aliphatic hydroxyl groups is 1. The molecule has 1 unspecified atom stereocenters. The smallest absolute Gasteiger partial charge is 0.141 e. The van der Waals surface area contributed by atoms with E-state index in [1.807, 2.05) is 54.6 Å². The molecule has 0 amide bonds. The minimum atomic E-state index is -0.851. The molecular formula is C18H14FNO. The zero-order valence-electron chi connectivity index (χ0n) is 11.3. The van der Waals surface area contributed by atoms with Crippen LogP contribution in [-0.2, 0) is 0 Å². The molecular weight excluding hydrogens is 265 g/mol. The van der Waals surface area contributed by atoms with Crippen LogP contribution < -0.4 is 0 Å². The van der Waals surface area contributed by atoms with Crippen molar-refractivity contribution in [3.05, 3.63) is 90.0 Å². The molecule has 0 aliphatic rings. The van der Waals surface area contributed by atoms with Gasteiger partial charge in [-0.2, -0.15) is 0 Å². The SMILES string of the molecule is OC(c1ccc(-c2ccccc2)cc1)c1ccc(F)cn1. The van der Waals surface area contributed by atoms with E-state index in [0.717, 1.165) is 22.9 Å². The van der Waals surface area contributed by atoms with Gasteiger partial charge in [0.05, 0.1) is 11.9 Å². The second-order valence-corrected chi connectivity index (χ2v) is 4.79. The van der Waals surface area contributed by atoms with Crippen molar-refractivity contribution in [2.24, 2.45) is 0 Å². The van der Waals surface area contributed by atoms with Gasteiger partial charge in [0.1, 0.15) is 11.9 Å². The molecule has 21 heavy (non-hydrogen) atoms. The van der Waals surface area contributed by atoms with Crippen LogP contribution in [0.15, 0.2) is 72.9 Å². The standard InChI is InChI=1S/C18H14FNO/c19-16-10-11-17(20-12-16)18(21)15-8-6-14(7-9-15)13-4-2-1-3-5-13/h1-12,18,21H. The summed E-state index contributed by atoms with van der Waals surface area (Å²) in [6.07, 6.45) is 0.257. The first-order valence-electron chi connectivity index (χ1n) is 6.69. The number of rotatable bonds is 3. The third-order valence-corrected chi connectivity index (χ3v) is 3.36. The molecule has 1 N–H and O–H groups in total. The van der Waals surface area contributed by atoms with Crippen molar-refractivity contribution in [2.45, 2.75) is 6.10 Å². The lowest BCUT2D eigenvalue weighted by Crippen LogP contribution is -2.02. The quantitative estimate of drug-likeness (QED) is 0.787. The van der Waals surface area contributed by atoms with Gasteiger partial charge in [-0.1, -0.05) is 54.6 Å². The molecule has 0 saturated carbocycles. The summed E-state index contributed by atoms with van der Waals surface area (Å²) in [5, 5.41) is 10.3. The van der Waals surface area contributed by atoms with Crippen molar-refractivity contribution in [1.82, 2.24) is 4.98 Å². The number of nitrogens with zero attached hydrogens (tertiary/aromatic N) is 1. The van der Waals surface area contributed by atoms with Crippen LogP contribution in [0.3, 0.4) is 0 Å². The van der Waals surface area contributed by atoms with E-state index >= 15 is 0 Å². The highest BCUT2D eigenvalue weighted by molar-refractivity contribution is 5.63. The first kappa shape index (κ1) is 13.5. The molecule has 0 aliphatic heterocycles. The van der Waals surface area contributed by atoms with Gasteiger partial charge in [-0.25, -0.2) is 4.39 Å². The first-order valence-corrected chi connectivity index (χ1v) is 6.69. The van der Waals surface area contributed by atoms with Crippen LogP contribution >= 0.6 is 0 Å². The molecule has 3 rings (SSSR count). The molecule has 1 aromatic heterocycles. The van der Waals surface area contributed by atoms with Crippen molar-refractivity contribution < 1.29 is 9.50 Å². The fourth-order valence-electron chi connectivity index (χ4n) is 2.21. The Morgan fingerprint density at radius 1 is 0.810 bits per heavy atom. The van der Waals surface area contributed by atoms with E-state index in [4.69, 9.17) is 0 Å². The lowest BCUT2D eigenvalue weighted by Gasteiger charge is -2.11. The van der Waals surface area contributed by atoms with Crippen LogP contribution in [0.4, 0.5) is 4.39 Å². The van der Waals surface area contributed by atoms with E-state index in [1.165, 1.54) is 12.1 Å². The van der Waals surface area contributed by atoms with E-state index in [1.54, 1.807) is 0 Å². The Bertz CT molecular complexity index is 708. The van der Waals surface area contributed by atoms with E-state index in [9.17, 15) is 9.50 Å². The van der Waals surface area contributed by atoms with E-state index in [2.05, 4.69) is 4.98 Å². The maximum Gasteiger partial charge on any atom is 0.141 e. The number of aromatic nitrogens is 1. The van der Waals surface area contributed by atoms with Gasteiger partial charge in [-0.15, -0.1) is 0 Å². The molecule has 0 aliphatic carbocycles. The zero-order valence-corrected chi connectivity index (χ0v) is 11.3. The van der Waals surface area contributed by atoms with Crippen LogP contribution in [-0.4, -0.2) is 10.1 Å². The van der Waals surface area contributed by atoms with E-state index in [0.29, 0.717) is 5.69 Å². The highest BCUT2D eigenvalue weighted by Gasteiger charge is 2.11. The molecule has 0 bridgehead atoms. The number of halogens is 1. The maximum absolute atomic E-state index is 12.8. The van der Waals surface area contributed by atoms with Gasteiger partial charge in [-0.05, 0) is 28.8 Å². The van der Waals surface area contributed by atoms with Crippen LogP contribution in [0.5, 0.6) is 0 Å². The lowest BCUT2D eigenvalue weighted by atomic mass is 10.0. The predicted molar refractivity (Wildman–Crippen MR) is 80.1 cm³/mol. The molecule has 2 nitrogen and oxygen atoms in total. The Morgan fingerprint density at radius 3 is 2.10 bits per heavy atom. The Labute approximate surface area is 122 Å². The van der Waals surface area contributed by atoms with E-state index in [-0.39, 0.29) is 0 Å². The molecule has 0 saturated heterocycles. The average Bonchev–Trinajstić information content (AvgIpc) is 2.56. The topological polar surface area (TPSA) is 33.1 Å². The Kier molecular flexibility index (Phi) is 3.75. The van der Waals surface area contributed by atoms with Gasteiger partial charge in [0.2, 0.25) is 0 Å². The number of aliphatic hydroxyl groups excluding tert-OH is 1. The first-order chi connectivity index (χ1) is 10.2. The molecule has 1 atom stereocenters. The van der Waals surface area contributed by atoms with Crippen molar-refractivity contribution in [3.63, 3.8) is 0 Å². The van der Waals surface area contributed by atoms with Crippen molar-refractivity contribution in [1.29, 1.82) is 0 Å². The molecule has 0 fully saturated rings. The Balaban J connectivity index is 1.85. The lowest BCUT2D eigenvalue weighted by molar-refractivity contribution is 0.215. The third-order valence-electron chi connectivity index (χ3n) is 3.36. The number of benzene rings is 2. The van der Waals surface area contributed by atoms with Gasteiger partial charge in [0.15, 0.2) is 0 Å². The maximum atomic E-state index is 12.8. The molecule has 0 spiro atoms. The fraction of sp³-hybridized carbons (Fsp3) is 0.0556. The average molecular weight is 279 g/mol. The van der Waals surface area contributed by atoms with Gasteiger partial charge in [0, 0.05) is 0 Å². The summed E-state index contributed by atoms with van der Waals surface area (Å²) in [4.78, 5) is 3.91. The van der Waals surface area contributed by atoms with Gasteiger partial charge in [0.25, 0.3) is 0 Å². The van der Waals surface area contributed by atoms with Crippen molar-refractivity contribution in [2.75, 3.05) is 0 Å². The van der Waals surface area contributed by atoms with Gasteiger partial charge in [-0.3, -0.25) is 4.98 Å². The minimum absolute atomic E-state index is 0.412. The fourth-order valence-corrected chi connectivity index (χ4v) is 2.21. The molecule has 3 heteroatoms. The summed E-state index contributed by atoms with van der Waals surface area (Å²) < 4.78 is 12.8. The van der Waals surface area contributed by atoms with Crippen molar-refractivity contribution >= 4 is 0 Å². The summed E-state index contributed by atoms with van der Waals surface area (Å²) in [5.74, 6) is -0.412. The van der Waals surface area contributed by atoms with Crippen molar-refractivity contribution in [3.8, 4) is 11.1 Å². The predicted octanol–water partition coefficient (Wildman–Crippen LogP) is 3.97. The number of hydrogen-bond donors (Lipinski definition) is 1. The highest BCUT2D eigenvalue weighted by atomic mass is 19.1. The second-order valence-electron chi connectivity index (χ2n) is 4.79. The molecule has 0 radical (unpaired) electrons. The molecule has 3 aromatic rings. The van der Waals surface area contributed by atoms with E-state index < -0.39 is 11.9 Å². The zero-order chi connectivity index (χ0) is 14.7. The van der Waals surface area contributed by atoms with Crippen LogP contribution in [0.1, 0.15) is 17.4 Å². The highest BCUT2D eigenvalue weighted by Crippen LogP contribution is 2.24. The monoisotopic (exact) mass is 279 g/mol.